The molecular weight excluding hydrogens is 424 g/mol. The summed E-state index contributed by atoms with van der Waals surface area (Å²) in [5.41, 5.74) is 2.95. The molecule has 0 saturated carbocycles. The zero-order valence-corrected chi connectivity index (χ0v) is 18.9. The van der Waals surface area contributed by atoms with E-state index in [2.05, 4.69) is 20.9 Å². The molecule has 1 N–H and O–H groups in total. The molecule has 1 fully saturated rings. The summed E-state index contributed by atoms with van der Waals surface area (Å²) in [6.07, 6.45) is 4.05. The molecule has 0 bridgehead atoms. The second-order valence-electron chi connectivity index (χ2n) is 7.38. The zero-order valence-electron chi connectivity index (χ0n) is 18.1. The van der Waals surface area contributed by atoms with Crippen LogP contribution in [0.15, 0.2) is 67.0 Å². The minimum absolute atomic E-state index is 0.149. The van der Waals surface area contributed by atoms with Crippen molar-refractivity contribution in [2.24, 2.45) is 0 Å². The van der Waals surface area contributed by atoms with Crippen molar-refractivity contribution in [3.05, 3.63) is 78.4 Å². The molecule has 0 unspecified atom stereocenters. The number of carbonyl (C=O) groups excluding carboxylic acids is 1. The Hall–Kier alpha value is -3.39. The highest BCUT2D eigenvalue weighted by atomic mass is 32.1. The summed E-state index contributed by atoms with van der Waals surface area (Å²) in [6.45, 7) is 3.04. The van der Waals surface area contributed by atoms with E-state index < -0.39 is 0 Å². The number of hydrogen-bond acceptors (Lipinski definition) is 5. The Balaban J connectivity index is 1.72. The fourth-order valence-corrected chi connectivity index (χ4v) is 4.35. The molecule has 0 spiro atoms. The molecule has 1 aromatic carbocycles. The van der Waals surface area contributed by atoms with Crippen molar-refractivity contribution in [2.45, 2.75) is 25.4 Å². The van der Waals surface area contributed by atoms with Gasteiger partial charge in [-0.25, -0.2) is 0 Å². The van der Waals surface area contributed by atoms with Gasteiger partial charge in [0.15, 0.2) is 5.11 Å². The van der Waals surface area contributed by atoms with Crippen LogP contribution in [0.25, 0.3) is 5.69 Å². The van der Waals surface area contributed by atoms with Crippen molar-refractivity contribution in [3.63, 3.8) is 0 Å². The van der Waals surface area contributed by atoms with Gasteiger partial charge in [0.1, 0.15) is 5.75 Å². The van der Waals surface area contributed by atoms with E-state index in [4.69, 9.17) is 21.7 Å². The average Bonchev–Trinajstić information content (AvgIpc) is 3.43. The van der Waals surface area contributed by atoms with E-state index in [1.54, 1.807) is 6.20 Å². The fourth-order valence-electron chi connectivity index (χ4n) is 4.02. The highest BCUT2D eigenvalue weighted by Gasteiger charge is 2.41. The van der Waals surface area contributed by atoms with Crippen molar-refractivity contribution >= 4 is 23.3 Å². The van der Waals surface area contributed by atoms with E-state index in [0.29, 0.717) is 18.3 Å². The summed E-state index contributed by atoms with van der Waals surface area (Å²) < 4.78 is 12.6. The Bertz CT molecular complexity index is 1070. The van der Waals surface area contributed by atoms with Gasteiger partial charge in [0.25, 0.3) is 0 Å². The summed E-state index contributed by atoms with van der Waals surface area (Å²) in [5, 5.41) is 4.01. The van der Waals surface area contributed by atoms with Gasteiger partial charge in [0.2, 0.25) is 0 Å². The van der Waals surface area contributed by atoms with Gasteiger partial charge in [0, 0.05) is 30.3 Å². The quantitative estimate of drug-likeness (QED) is 0.413. The highest BCUT2D eigenvalue weighted by molar-refractivity contribution is 7.80. The lowest BCUT2D eigenvalue weighted by Gasteiger charge is -2.28. The minimum Gasteiger partial charge on any atom is -0.494 e. The standard InChI is InChI=1S/C24H26N4O3S/c1-3-31-18-11-9-17(10-12-18)27-15-6-8-20(27)23-22(19-7-4-5-14-25-19)26-24(32)28(23)16-13-21(29)30-2/h4-12,14-15,22-23H,3,13,16H2,1-2H3,(H,26,32)/t22-,23+/m0/s1. The molecular formula is C24H26N4O3S. The van der Waals surface area contributed by atoms with Crippen LogP contribution in [-0.2, 0) is 9.53 Å². The summed E-state index contributed by atoms with van der Waals surface area (Å²) in [7, 11) is 1.40. The van der Waals surface area contributed by atoms with E-state index in [1.807, 2.05) is 66.6 Å². The van der Waals surface area contributed by atoms with Crippen LogP contribution in [0, 0.1) is 0 Å². The molecule has 2 atom stereocenters. The third-order valence-electron chi connectivity index (χ3n) is 5.49. The highest BCUT2D eigenvalue weighted by Crippen LogP contribution is 2.39. The minimum atomic E-state index is -0.269. The van der Waals surface area contributed by atoms with Crippen LogP contribution >= 0.6 is 12.2 Å². The third-order valence-corrected chi connectivity index (χ3v) is 5.84. The van der Waals surface area contributed by atoms with Crippen molar-refractivity contribution in [3.8, 4) is 11.4 Å². The van der Waals surface area contributed by atoms with Crippen LogP contribution in [0.1, 0.15) is 36.8 Å². The molecule has 1 aliphatic heterocycles. The number of aromatic nitrogens is 2. The number of methoxy groups -OCH3 is 1. The lowest BCUT2D eigenvalue weighted by Crippen LogP contribution is -2.32. The Morgan fingerprint density at radius 2 is 1.97 bits per heavy atom. The zero-order chi connectivity index (χ0) is 22.5. The molecule has 1 saturated heterocycles. The first-order valence-electron chi connectivity index (χ1n) is 10.6. The summed E-state index contributed by atoms with van der Waals surface area (Å²) in [4.78, 5) is 18.5. The number of carbonyl (C=O) groups is 1. The Morgan fingerprint density at radius 1 is 1.16 bits per heavy atom. The number of thiocarbonyl (C=S) groups is 1. The van der Waals surface area contributed by atoms with E-state index >= 15 is 0 Å². The first-order valence-corrected chi connectivity index (χ1v) is 11.0. The van der Waals surface area contributed by atoms with Gasteiger partial charge in [-0.2, -0.15) is 0 Å². The summed E-state index contributed by atoms with van der Waals surface area (Å²) in [6, 6.07) is 17.6. The van der Waals surface area contributed by atoms with E-state index in [-0.39, 0.29) is 24.5 Å². The molecule has 1 aliphatic rings. The molecule has 0 radical (unpaired) electrons. The average molecular weight is 451 g/mol. The smallest absolute Gasteiger partial charge is 0.307 e. The number of pyridine rings is 1. The maximum absolute atomic E-state index is 11.9. The number of nitrogens with one attached hydrogen (secondary N) is 1. The van der Waals surface area contributed by atoms with Gasteiger partial charge in [-0.3, -0.25) is 9.78 Å². The predicted octanol–water partition coefficient (Wildman–Crippen LogP) is 3.81. The number of rotatable bonds is 8. The second kappa shape index (κ2) is 9.82. The summed E-state index contributed by atoms with van der Waals surface area (Å²) >= 11 is 5.67. The van der Waals surface area contributed by atoms with Gasteiger partial charge in [-0.05, 0) is 67.7 Å². The summed E-state index contributed by atoms with van der Waals surface area (Å²) in [5.74, 6) is 0.564. The largest absolute Gasteiger partial charge is 0.494 e. The van der Waals surface area contributed by atoms with Crippen molar-refractivity contribution in [1.29, 1.82) is 0 Å². The van der Waals surface area contributed by atoms with Crippen LogP contribution in [0.2, 0.25) is 0 Å². The maximum Gasteiger partial charge on any atom is 0.307 e. The normalized spacial score (nSPS) is 17.8. The van der Waals surface area contributed by atoms with Crippen molar-refractivity contribution < 1.29 is 14.3 Å². The molecule has 3 aromatic rings. The number of benzene rings is 1. The van der Waals surface area contributed by atoms with E-state index in [9.17, 15) is 4.79 Å². The first-order chi connectivity index (χ1) is 15.6. The van der Waals surface area contributed by atoms with E-state index in [1.165, 1.54) is 7.11 Å². The molecule has 3 heterocycles. The topological polar surface area (TPSA) is 68.6 Å². The van der Waals surface area contributed by atoms with Gasteiger partial charge in [-0.15, -0.1) is 0 Å². The molecule has 7 nitrogen and oxygen atoms in total. The fraction of sp³-hybridized carbons (Fsp3) is 0.292. The van der Waals surface area contributed by atoms with Gasteiger partial charge in [0.05, 0.1) is 37.9 Å². The number of nitrogens with zero attached hydrogens (tertiary/aromatic N) is 3. The second-order valence-corrected chi connectivity index (χ2v) is 7.76. The monoisotopic (exact) mass is 450 g/mol. The number of ether oxygens (including phenoxy) is 2. The Morgan fingerprint density at radius 3 is 2.66 bits per heavy atom. The van der Waals surface area contributed by atoms with Gasteiger partial charge in [-0.1, -0.05) is 6.07 Å². The van der Waals surface area contributed by atoms with Crippen LogP contribution in [0.5, 0.6) is 5.75 Å². The Kier molecular flexibility index (Phi) is 6.70. The van der Waals surface area contributed by atoms with Crippen LogP contribution in [0.3, 0.4) is 0 Å². The molecule has 0 aliphatic carbocycles. The Labute approximate surface area is 193 Å². The van der Waals surface area contributed by atoms with Gasteiger partial charge < -0.3 is 24.3 Å². The number of hydrogen-bond donors (Lipinski definition) is 1. The molecule has 2 aromatic heterocycles. The van der Waals surface area contributed by atoms with Crippen molar-refractivity contribution in [2.75, 3.05) is 20.3 Å². The predicted molar refractivity (Wildman–Crippen MR) is 126 cm³/mol. The maximum atomic E-state index is 11.9. The molecule has 4 rings (SSSR count). The molecule has 166 valence electrons. The van der Waals surface area contributed by atoms with E-state index in [0.717, 1.165) is 22.8 Å². The van der Waals surface area contributed by atoms with Gasteiger partial charge >= 0.3 is 5.97 Å². The first kappa shape index (κ1) is 21.8. The molecule has 8 heteroatoms. The lowest BCUT2D eigenvalue weighted by atomic mass is 10.0. The van der Waals surface area contributed by atoms with Crippen LogP contribution < -0.4 is 10.1 Å². The van der Waals surface area contributed by atoms with Crippen LogP contribution in [-0.4, -0.2) is 45.8 Å². The van der Waals surface area contributed by atoms with Crippen LogP contribution in [0.4, 0.5) is 0 Å². The third kappa shape index (κ3) is 4.45. The molecule has 0 amide bonds. The lowest BCUT2D eigenvalue weighted by molar-refractivity contribution is -0.140. The number of esters is 1. The SMILES string of the molecule is CCOc1ccc(-n2cccc2[C@@H]2[C@H](c3ccccn3)NC(=S)N2CCC(=O)OC)cc1. The van der Waals surface area contributed by atoms with Crippen molar-refractivity contribution in [1.82, 2.24) is 19.8 Å². The molecule has 32 heavy (non-hydrogen) atoms.